The molecule has 2 N–H and O–H groups in total. The van der Waals surface area contributed by atoms with Crippen LogP contribution in [0.5, 0.6) is 5.75 Å². The number of hydrogen-bond acceptors (Lipinski definition) is 3. The number of halogens is 2. The second-order valence-corrected chi connectivity index (χ2v) is 5.42. The fourth-order valence-electron chi connectivity index (χ4n) is 1.89. The van der Waals surface area contributed by atoms with E-state index in [2.05, 4.69) is 5.32 Å². The molecule has 1 saturated heterocycles. The van der Waals surface area contributed by atoms with Gasteiger partial charge >= 0.3 is 0 Å². The van der Waals surface area contributed by atoms with Gasteiger partial charge in [0.25, 0.3) is 0 Å². The van der Waals surface area contributed by atoms with Gasteiger partial charge < -0.3 is 10.4 Å². The van der Waals surface area contributed by atoms with Gasteiger partial charge in [0.2, 0.25) is 0 Å². The first kappa shape index (κ1) is 12.6. The van der Waals surface area contributed by atoms with Crippen molar-refractivity contribution in [2.24, 2.45) is 5.92 Å². The number of benzene rings is 1. The zero-order valence-electron chi connectivity index (χ0n) is 9.38. The Balaban J connectivity index is 1.86. The van der Waals surface area contributed by atoms with E-state index in [0.717, 1.165) is 24.4 Å². The number of nitrogens with one attached hydrogen (secondary N) is 1. The normalized spacial score (nSPS) is 19.8. The minimum atomic E-state index is -0.904. The summed E-state index contributed by atoms with van der Waals surface area (Å²) in [5.74, 6) is 0.310. The SMILES string of the molecule is Oc1c(F)cc(CNCC2CCSC2)cc1F. The minimum absolute atomic E-state index is 0.426. The third-order valence-electron chi connectivity index (χ3n) is 2.86. The van der Waals surface area contributed by atoms with E-state index in [9.17, 15) is 8.78 Å². The Morgan fingerprint density at radius 3 is 2.65 bits per heavy atom. The van der Waals surface area contributed by atoms with Crippen LogP contribution >= 0.6 is 11.8 Å². The molecule has 1 heterocycles. The molecule has 0 aliphatic carbocycles. The summed E-state index contributed by atoms with van der Waals surface area (Å²) in [4.78, 5) is 0. The van der Waals surface area contributed by atoms with Gasteiger partial charge in [0, 0.05) is 6.54 Å². The molecule has 94 valence electrons. The van der Waals surface area contributed by atoms with Crippen molar-refractivity contribution in [1.29, 1.82) is 0 Å². The van der Waals surface area contributed by atoms with E-state index >= 15 is 0 Å². The van der Waals surface area contributed by atoms with Crippen LogP contribution < -0.4 is 5.32 Å². The lowest BCUT2D eigenvalue weighted by molar-refractivity contribution is 0.394. The fraction of sp³-hybridized carbons (Fsp3) is 0.500. The van der Waals surface area contributed by atoms with Gasteiger partial charge in [-0.15, -0.1) is 0 Å². The van der Waals surface area contributed by atoms with Crippen LogP contribution in [-0.4, -0.2) is 23.2 Å². The standard InChI is InChI=1S/C12H15F2NOS/c13-10-3-9(4-11(14)12(10)16)6-15-5-8-1-2-17-7-8/h3-4,8,15-16H,1-2,5-7H2. The molecule has 1 aromatic carbocycles. The molecule has 5 heteroatoms. The van der Waals surface area contributed by atoms with E-state index < -0.39 is 17.4 Å². The Bertz CT molecular complexity index is 371. The molecule has 0 saturated carbocycles. The van der Waals surface area contributed by atoms with Gasteiger partial charge in [0.15, 0.2) is 17.4 Å². The first-order chi connectivity index (χ1) is 8.16. The summed E-state index contributed by atoms with van der Waals surface area (Å²) in [6.45, 7) is 1.30. The Morgan fingerprint density at radius 2 is 2.06 bits per heavy atom. The maximum absolute atomic E-state index is 13.0. The molecule has 0 aromatic heterocycles. The highest BCUT2D eigenvalue weighted by Crippen LogP contribution is 2.23. The van der Waals surface area contributed by atoms with Crippen LogP contribution in [-0.2, 0) is 6.54 Å². The zero-order valence-corrected chi connectivity index (χ0v) is 10.2. The summed E-state index contributed by atoms with van der Waals surface area (Å²) >= 11 is 1.94. The van der Waals surface area contributed by atoms with Crippen molar-refractivity contribution in [3.63, 3.8) is 0 Å². The molecule has 1 aliphatic heterocycles. The van der Waals surface area contributed by atoms with Gasteiger partial charge in [-0.05, 0) is 48.1 Å². The second-order valence-electron chi connectivity index (χ2n) is 4.27. The Labute approximate surface area is 103 Å². The molecular weight excluding hydrogens is 244 g/mol. The molecule has 2 nitrogen and oxygen atoms in total. The van der Waals surface area contributed by atoms with Crippen LogP contribution in [0, 0.1) is 17.6 Å². The highest BCUT2D eigenvalue weighted by atomic mass is 32.2. The van der Waals surface area contributed by atoms with Gasteiger partial charge in [0.1, 0.15) is 0 Å². The molecule has 0 amide bonds. The van der Waals surface area contributed by atoms with Crippen LogP contribution in [0.2, 0.25) is 0 Å². The smallest absolute Gasteiger partial charge is 0.187 e. The van der Waals surface area contributed by atoms with E-state index in [1.165, 1.54) is 12.2 Å². The quantitative estimate of drug-likeness (QED) is 0.871. The average Bonchev–Trinajstić information content (AvgIpc) is 2.79. The molecule has 1 fully saturated rings. The van der Waals surface area contributed by atoms with Gasteiger partial charge in [0.05, 0.1) is 0 Å². The van der Waals surface area contributed by atoms with E-state index in [1.807, 2.05) is 11.8 Å². The highest BCUT2D eigenvalue weighted by Gasteiger charge is 2.15. The summed E-state index contributed by atoms with van der Waals surface area (Å²) in [6, 6.07) is 2.32. The predicted octanol–water partition coefficient (Wildman–Crippen LogP) is 2.51. The Morgan fingerprint density at radius 1 is 1.35 bits per heavy atom. The summed E-state index contributed by atoms with van der Waals surface area (Å²) in [5.41, 5.74) is 0.517. The van der Waals surface area contributed by atoms with E-state index in [-0.39, 0.29) is 0 Å². The fourth-order valence-corrected chi connectivity index (χ4v) is 3.17. The molecule has 0 spiro atoms. The van der Waals surface area contributed by atoms with E-state index in [4.69, 9.17) is 5.11 Å². The van der Waals surface area contributed by atoms with Crippen molar-refractivity contribution < 1.29 is 13.9 Å². The molecule has 17 heavy (non-hydrogen) atoms. The van der Waals surface area contributed by atoms with Gasteiger partial charge in [-0.25, -0.2) is 8.78 Å². The highest BCUT2D eigenvalue weighted by molar-refractivity contribution is 7.99. The largest absolute Gasteiger partial charge is 0.503 e. The maximum atomic E-state index is 13.0. The number of hydrogen-bond donors (Lipinski definition) is 2. The van der Waals surface area contributed by atoms with Gasteiger partial charge in [-0.1, -0.05) is 0 Å². The topological polar surface area (TPSA) is 32.3 Å². The third-order valence-corrected chi connectivity index (χ3v) is 4.09. The summed E-state index contributed by atoms with van der Waals surface area (Å²) in [7, 11) is 0. The first-order valence-corrected chi connectivity index (χ1v) is 6.77. The first-order valence-electron chi connectivity index (χ1n) is 5.62. The molecule has 1 aliphatic rings. The number of rotatable bonds is 4. The molecule has 1 unspecified atom stereocenters. The number of phenols is 1. The van der Waals surface area contributed by atoms with Crippen molar-refractivity contribution >= 4 is 11.8 Å². The van der Waals surface area contributed by atoms with Crippen LogP contribution in [0.25, 0.3) is 0 Å². The zero-order chi connectivity index (χ0) is 12.3. The molecule has 1 aromatic rings. The van der Waals surface area contributed by atoms with Crippen molar-refractivity contribution in [1.82, 2.24) is 5.32 Å². The summed E-state index contributed by atoms with van der Waals surface area (Å²) in [5, 5.41) is 12.1. The van der Waals surface area contributed by atoms with Gasteiger partial charge in [-0.2, -0.15) is 11.8 Å². The Hall–Kier alpha value is -0.810. The lowest BCUT2D eigenvalue weighted by Crippen LogP contribution is -2.22. The lowest BCUT2D eigenvalue weighted by Gasteiger charge is -2.10. The number of phenolic OH excluding ortho intramolecular Hbond substituents is 1. The van der Waals surface area contributed by atoms with Crippen LogP contribution in [0.1, 0.15) is 12.0 Å². The minimum Gasteiger partial charge on any atom is -0.503 e. The average molecular weight is 259 g/mol. The van der Waals surface area contributed by atoms with Crippen LogP contribution in [0.3, 0.4) is 0 Å². The monoisotopic (exact) mass is 259 g/mol. The van der Waals surface area contributed by atoms with Gasteiger partial charge in [-0.3, -0.25) is 0 Å². The molecular formula is C12H15F2NOS. The molecule has 0 radical (unpaired) electrons. The molecule has 0 bridgehead atoms. The second kappa shape index (κ2) is 5.69. The lowest BCUT2D eigenvalue weighted by atomic mass is 10.1. The van der Waals surface area contributed by atoms with Crippen molar-refractivity contribution in [2.45, 2.75) is 13.0 Å². The van der Waals surface area contributed by atoms with E-state index in [1.54, 1.807) is 0 Å². The maximum Gasteiger partial charge on any atom is 0.187 e. The predicted molar refractivity (Wildman–Crippen MR) is 65.2 cm³/mol. The number of thioether (sulfide) groups is 1. The Kier molecular flexibility index (Phi) is 4.23. The van der Waals surface area contributed by atoms with Crippen LogP contribution in [0.4, 0.5) is 8.78 Å². The molecule has 1 atom stereocenters. The van der Waals surface area contributed by atoms with Crippen molar-refractivity contribution in [3.8, 4) is 5.75 Å². The van der Waals surface area contributed by atoms with E-state index in [0.29, 0.717) is 18.0 Å². The number of aromatic hydroxyl groups is 1. The molecule has 2 rings (SSSR count). The summed E-state index contributed by atoms with van der Waals surface area (Å²) in [6.07, 6.45) is 1.20. The summed E-state index contributed by atoms with van der Waals surface area (Å²) < 4.78 is 26.1. The van der Waals surface area contributed by atoms with Crippen molar-refractivity contribution in [3.05, 3.63) is 29.3 Å². The third kappa shape index (κ3) is 3.33. The van der Waals surface area contributed by atoms with Crippen LogP contribution in [0.15, 0.2) is 12.1 Å². The van der Waals surface area contributed by atoms with Crippen molar-refractivity contribution in [2.75, 3.05) is 18.1 Å².